The van der Waals surface area contributed by atoms with Crippen LogP contribution in [0.4, 0.5) is 4.39 Å². The molecular formula is C12H7FO4. The maximum absolute atomic E-state index is 13.3. The molecule has 2 aromatic rings. The lowest BCUT2D eigenvalue weighted by Gasteiger charge is -1.98. The van der Waals surface area contributed by atoms with E-state index in [2.05, 4.69) is 0 Å². The number of carboxylic acids is 1. The summed E-state index contributed by atoms with van der Waals surface area (Å²) in [7, 11) is 0. The molecule has 1 aromatic heterocycles. The maximum atomic E-state index is 13.3. The summed E-state index contributed by atoms with van der Waals surface area (Å²) < 4.78 is 18.2. The number of carbonyl (C=O) groups is 1. The number of hydrogen-bond acceptors (Lipinski definition) is 3. The van der Waals surface area contributed by atoms with Crippen LogP contribution in [-0.2, 0) is 4.79 Å². The Balaban J connectivity index is 2.67. The molecule has 0 atom stereocenters. The maximum Gasteiger partial charge on any atom is 0.328 e. The van der Waals surface area contributed by atoms with Crippen molar-refractivity contribution in [2.45, 2.75) is 0 Å². The second-order valence-corrected chi connectivity index (χ2v) is 3.31. The fraction of sp³-hybridized carbons (Fsp3) is 0. The first-order chi connectivity index (χ1) is 8.09. The minimum Gasteiger partial charge on any atom is -0.478 e. The molecule has 0 fully saturated rings. The van der Waals surface area contributed by atoms with Crippen LogP contribution in [0.15, 0.2) is 39.7 Å². The third kappa shape index (κ3) is 2.08. The topological polar surface area (TPSA) is 67.5 Å². The van der Waals surface area contributed by atoms with E-state index in [9.17, 15) is 14.0 Å². The molecule has 1 heterocycles. The molecule has 0 saturated carbocycles. The molecule has 0 saturated heterocycles. The highest BCUT2D eigenvalue weighted by molar-refractivity contribution is 5.86. The van der Waals surface area contributed by atoms with Crippen molar-refractivity contribution in [3.05, 3.63) is 52.1 Å². The van der Waals surface area contributed by atoms with Crippen molar-refractivity contribution < 1.29 is 18.7 Å². The van der Waals surface area contributed by atoms with E-state index in [1.165, 1.54) is 18.2 Å². The number of carboxylic acid groups (broad SMARTS) is 1. The number of aliphatic carboxylic acids is 1. The second-order valence-electron chi connectivity index (χ2n) is 3.31. The van der Waals surface area contributed by atoms with Gasteiger partial charge in [-0.15, -0.1) is 0 Å². The number of para-hydroxylation sites is 1. The van der Waals surface area contributed by atoms with Gasteiger partial charge in [-0.1, -0.05) is 6.07 Å². The zero-order valence-electron chi connectivity index (χ0n) is 8.51. The molecule has 0 unspecified atom stereocenters. The van der Waals surface area contributed by atoms with Crippen molar-refractivity contribution in [3.63, 3.8) is 0 Å². The molecule has 5 heteroatoms. The summed E-state index contributed by atoms with van der Waals surface area (Å²) in [6.07, 6.45) is 2.96. The SMILES string of the molecule is O=C(O)C=Cc1coc2c(F)cccc2c1=O. The molecule has 2 rings (SSSR count). The first-order valence-electron chi connectivity index (χ1n) is 4.70. The smallest absolute Gasteiger partial charge is 0.328 e. The first kappa shape index (κ1) is 11.1. The highest BCUT2D eigenvalue weighted by Gasteiger charge is 2.08. The van der Waals surface area contributed by atoms with Crippen LogP contribution < -0.4 is 5.43 Å². The zero-order valence-corrected chi connectivity index (χ0v) is 8.51. The second kappa shape index (κ2) is 4.21. The zero-order chi connectivity index (χ0) is 12.4. The van der Waals surface area contributed by atoms with Crippen LogP contribution in [0.1, 0.15) is 5.56 Å². The van der Waals surface area contributed by atoms with Crippen molar-refractivity contribution in [2.75, 3.05) is 0 Å². The van der Waals surface area contributed by atoms with Gasteiger partial charge in [-0.05, 0) is 18.2 Å². The van der Waals surface area contributed by atoms with Gasteiger partial charge in [0.15, 0.2) is 16.8 Å². The number of hydrogen-bond donors (Lipinski definition) is 1. The monoisotopic (exact) mass is 234 g/mol. The van der Waals surface area contributed by atoms with Gasteiger partial charge in [-0.2, -0.15) is 0 Å². The van der Waals surface area contributed by atoms with Gasteiger partial charge >= 0.3 is 5.97 Å². The van der Waals surface area contributed by atoms with Crippen LogP contribution in [-0.4, -0.2) is 11.1 Å². The normalized spacial score (nSPS) is 11.1. The molecule has 0 aliphatic heterocycles. The molecule has 0 spiro atoms. The summed E-state index contributed by atoms with van der Waals surface area (Å²) in [6.45, 7) is 0. The Bertz CT molecular complexity index is 670. The minimum absolute atomic E-state index is 0.0606. The third-order valence-corrected chi connectivity index (χ3v) is 2.18. The lowest BCUT2D eigenvalue weighted by Crippen LogP contribution is -2.05. The Morgan fingerprint density at radius 3 is 2.88 bits per heavy atom. The third-order valence-electron chi connectivity index (χ3n) is 2.18. The number of benzene rings is 1. The number of halogens is 1. The van der Waals surface area contributed by atoms with E-state index in [0.717, 1.165) is 18.4 Å². The van der Waals surface area contributed by atoms with Crippen LogP contribution in [0.25, 0.3) is 17.0 Å². The molecule has 17 heavy (non-hydrogen) atoms. The summed E-state index contributed by atoms with van der Waals surface area (Å²) in [5.41, 5.74) is -0.543. The average Bonchev–Trinajstić information content (AvgIpc) is 2.29. The Labute approximate surface area is 94.6 Å². The van der Waals surface area contributed by atoms with Gasteiger partial charge in [-0.3, -0.25) is 4.79 Å². The summed E-state index contributed by atoms with van der Waals surface area (Å²) in [4.78, 5) is 22.1. The van der Waals surface area contributed by atoms with E-state index in [0.29, 0.717) is 0 Å². The van der Waals surface area contributed by atoms with Gasteiger partial charge in [0.2, 0.25) is 0 Å². The van der Waals surface area contributed by atoms with Crippen LogP contribution in [0, 0.1) is 5.82 Å². The Morgan fingerprint density at radius 2 is 2.18 bits per heavy atom. The van der Waals surface area contributed by atoms with Gasteiger partial charge < -0.3 is 9.52 Å². The van der Waals surface area contributed by atoms with Gasteiger partial charge in [0.05, 0.1) is 10.9 Å². The lowest BCUT2D eigenvalue weighted by molar-refractivity contribution is -0.131. The predicted octanol–water partition coefficient (Wildman–Crippen LogP) is 2.03. The van der Waals surface area contributed by atoms with E-state index in [1.54, 1.807) is 0 Å². The van der Waals surface area contributed by atoms with E-state index >= 15 is 0 Å². The summed E-state index contributed by atoms with van der Waals surface area (Å²) in [6, 6.07) is 3.99. The van der Waals surface area contributed by atoms with Crippen molar-refractivity contribution in [2.24, 2.45) is 0 Å². The predicted molar refractivity (Wildman–Crippen MR) is 59.1 cm³/mol. The van der Waals surface area contributed by atoms with Crippen molar-refractivity contribution in [3.8, 4) is 0 Å². The highest BCUT2D eigenvalue weighted by atomic mass is 19.1. The molecule has 0 radical (unpaired) electrons. The average molecular weight is 234 g/mol. The number of rotatable bonds is 2. The van der Waals surface area contributed by atoms with Crippen LogP contribution in [0.3, 0.4) is 0 Å². The molecule has 0 bridgehead atoms. The fourth-order valence-electron chi connectivity index (χ4n) is 1.41. The van der Waals surface area contributed by atoms with Gasteiger partial charge in [0.1, 0.15) is 6.26 Å². The molecule has 0 aliphatic carbocycles. The molecule has 0 aliphatic rings. The summed E-state index contributed by atoms with van der Waals surface area (Å²) >= 11 is 0. The number of fused-ring (bicyclic) bond motifs is 1. The van der Waals surface area contributed by atoms with E-state index in [1.807, 2.05) is 0 Å². The molecule has 4 nitrogen and oxygen atoms in total. The first-order valence-corrected chi connectivity index (χ1v) is 4.70. The van der Waals surface area contributed by atoms with Crippen LogP contribution in [0.2, 0.25) is 0 Å². The quantitative estimate of drug-likeness (QED) is 0.807. The fourth-order valence-corrected chi connectivity index (χ4v) is 1.41. The van der Waals surface area contributed by atoms with Crippen molar-refractivity contribution >= 4 is 23.0 Å². The van der Waals surface area contributed by atoms with Gasteiger partial charge in [-0.25, -0.2) is 9.18 Å². The minimum atomic E-state index is -1.18. The Morgan fingerprint density at radius 1 is 1.41 bits per heavy atom. The van der Waals surface area contributed by atoms with E-state index in [4.69, 9.17) is 9.52 Å². The van der Waals surface area contributed by atoms with Crippen LogP contribution in [0.5, 0.6) is 0 Å². The molecule has 1 aromatic carbocycles. The largest absolute Gasteiger partial charge is 0.478 e. The standard InChI is InChI=1S/C12H7FO4/c13-9-3-1-2-8-11(16)7(4-5-10(14)15)6-17-12(8)9/h1-6H,(H,14,15). The van der Waals surface area contributed by atoms with Crippen LogP contribution >= 0.6 is 0 Å². The van der Waals surface area contributed by atoms with Crippen molar-refractivity contribution in [1.29, 1.82) is 0 Å². The Hall–Kier alpha value is -2.43. The summed E-state index contributed by atoms with van der Waals surface area (Å²) in [5, 5.41) is 8.52. The van der Waals surface area contributed by atoms with E-state index < -0.39 is 17.2 Å². The molecule has 86 valence electrons. The lowest BCUT2D eigenvalue weighted by atomic mass is 10.1. The summed E-state index contributed by atoms with van der Waals surface area (Å²) in [5.74, 6) is -1.81. The van der Waals surface area contributed by atoms with Gasteiger partial charge in [0, 0.05) is 6.08 Å². The molecule has 1 N–H and O–H groups in total. The Kier molecular flexibility index (Phi) is 2.74. The van der Waals surface area contributed by atoms with E-state index in [-0.39, 0.29) is 16.5 Å². The highest BCUT2D eigenvalue weighted by Crippen LogP contribution is 2.15. The molecule has 0 amide bonds. The van der Waals surface area contributed by atoms with Gasteiger partial charge in [0.25, 0.3) is 0 Å². The van der Waals surface area contributed by atoms with Crippen molar-refractivity contribution in [1.82, 2.24) is 0 Å². The molecular weight excluding hydrogens is 227 g/mol.